The van der Waals surface area contributed by atoms with Gasteiger partial charge in [0.1, 0.15) is 16.9 Å². The Labute approximate surface area is 155 Å². The first-order valence-corrected chi connectivity index (χ1v) is 8.61. The molecule has 7 heteroatoms. The summed E-state index contributed by atoms with van der Waals surface area (Å²) < 4.78 is 16.3. The van der Waals surface area contributed by atoms with Gasteiger partial charge in [-0.05, 0) is 51.1 Å². The summed E-state index contributed by atoms with van der Waals surface area (Å²) in [6, 6.07) is 9.99. The lowest BCUT2D eigenvalue weighted by Crippen LogP contribution is -2.21. The standard InChI is InChI=1S/C20H20N2O5/c1-4-25-16-6-5-9-21-18(16)22-19(23)15-10-13-7-8-14(26-12(2)3)11-17(13)27-20(15)24/h5-12H,4H2,1-3H3,(H,21,22,23). The van der Waals surface area contributed by atoms with Crippen molar-refractivity contribution in [2.75, 3.05) is 11.9 Å². The van der Waals surface area contributed by atoms with E-state index < -0.39 is 11.5 Å². The van der Waals surface area contributed by atoms with Gasteiger partial charge in [0, 0.05) is 17.6 Å². The minimum absolute atomic E-state index is 0.00266. The van der Waals surface area contributed by atoms with E-state index in [0.717, 1.165) is 0 Å². The molecule has 2 heterocycles. The van der Waals surface area contributed by atoms with Crippen LogP contribution in [0.1, 0.15) is 31.1 Å². The van der Waals surface area contributed by atoms with Gasteiger partial charge in [0.05, 0.1) is 12.7 Å². The molecular formula is C20H20N2O5. The molecule has 0 saturated heterocycles. The quantitative estimate of drug-likeness (QED) is 0.668. The van der Waals surface area contributed by atoms with Gasteiger partial charge in [0.2, 0.25) is 0 Å². The molecule has 0 fully saturated rings. The predicted molar refractivity (Wildman–Crippen MR) is 102 cm³/mol. The molecule has 1 amide bonds. The van der Waals surface area contributed by atoms with Crippen LogP contribution in [-0.2, 0) is 0 Å². The molecule has 3 rings (SSSR count). The Kier molecular flexibility index (Phi) is 5.40. The molecule has 1 N–H and O–H groups in total. The van der Waals surface area contributed by atoms with Gasteiger partial charge in [-0.2, -0.15) is 0 Å². The number of anilines is 1. The van der Waals surface area contributed by atoms with Crippen molar-refractivity contribution >= 4 is 22.7 Å². The summed E-state index contributed by atoms with van der Waals surface area (Å²) in [4.78, 5) is 28.9. The molecule has 0 saturated carbocycles. The minimum Gasteiger partial charge on any atom is -0.491 e. The van der Waals surface area contributed by atoms with E-state index in [9.17, 15) is 9.59 Å². The number of fused-ring (bicyclic) bond motifs is 1. The number of carbonyl (C=O) groups is 1. The molecule has 0 bridgehead atoms. The number of hydrogen-bond acceptors (Lipinski definition) is 6. The molecule has 0 spiro atoms. The number of carbonyl (C=O) groups excluding carboxylic acids is 1. The normalized spacial score (nSPS) is 10.8. The highest BCUT2D eigenvalue weighted by atomic mass is 16.5. The molecule has 7 nitrogen and oxygen atoms in total. The van der Waals surface area contributed by atoms with E-state index in [1.807, 2.05) is 20.8 Å². The zero-order chi connectivity index (χ0) is 19.4. The Bertz CT molecular complexity index is 1030. The Hall–Kier alpha value is -3.35. The lowest BCUT2D eigenvalue weighted by molar-refractivity contribution is 0.102. The SMILES string of the molecule is CCOc1cccnc1NC(=O)c1cc2ccc(OC(C)C)cc2oc1=O. The van der Waals surface area contributed by atoms with Gasteiger partial charge in [0.25, 0.3) is 5.91 Å². The Morgan fingerprint density at radius 1 is 1.26 bits per heavy atom. The summed E-state index contributed by atoms with van der Waals surface area (Å²) in [5.74, 6) is 0.638. The van der Waals surface area contributed by atoms with Crippen LogP contribution < -0.4 is 20.4 Å². The van der Waals surface area contributed by atoms with Gasteiger partial charge in [0.15, 0.2) is 11.6 Å². The van der Waals surface area contributed by atoms with E-state index in [4.69, 9.17) is 13.9 Å². The van der Waals surface area contributed by atoms with Crippen LogP contribution in [-0.4, -0.2) is 23.6 Å². The van der Waals surface area contributed by atoms with Crippen molar-refractivity contribution < 1.29 is 18.7 Å². The van der Waals surface area contributed by atoms with E-state index in [2.05, 4.69) is 10.3 Å². The Balaban J connectivity index is 1.91. The molecular weight excluding hydrogens is 348 g/mol. The summed E-state index contributed by atoms with van der Waals surface area (Å²) in [5, 5.41) is 3.21. The first kappa shape index (κ1) is 18.4. The van der Waals surface area contributed by atoms with Crippen LogP contribution in [0.3, 0.4) is 0 Å². The molecule has 3 aromatic rings. The monoisotopic (exact) mass is 368 g/mol. The van der Waals surface area contributed by atoms with Crippen molar-refractivity contribution in [2.24, 2.45) is 0 Å². The minimum atomic E-state index is -0.740. The van der Waals surface area contributed by atoms with E-state index in [0.29, 0.717) is 29.1 Å². The Morgan fingerprint density at radius 3 is 2.81 bits per heavy atom. The molecule has 2 aromatic heterocycles. The van der Waals surface area contributed by atoms with Gasteiger partial charge in [-0.1, -0.05) is 0 Å². The molecule has 1 aromatic carbocycles. The topological polar surface area (TPSA) is 90.7 Å². The number of pyridine rings is 1. The number of hydrogen-bond donors (Lipinski definition) is 1. The highest BCUT2D eigenvalue weighted by Crippen LogP contribution is 2.23. The van der Waals surface area contributed by atoms with E-state index in [1.165, 1.54) is 12.3 Å². The fourth-order valence-corrected chi connectivity index (χ4v) is 2.53. The van der Waals surface area contributed by atoms with Crippen LogP contribution in [0.2, 0.25) is 0 Å². The van der Waals surface area contributed by atoms with Gasteiger partial charge >= 0.3 is 5.63 Å². The highest BCUT2D eigenvalue weighted by Gasteiger charge is 2.17. The first-order valence-electron chi connectivity index (χ1n) is 8.61. The molecule has 0 atom stereocenters. The van der Waals surface area contributed by atoms with Crippen LogP contribution in [0.25, 0.3) is 11.0 Å². The lowest BCUT2D eigenvalue weighted by Gasteiger charge is -2.11. The second kappa shape index (κ2) is 7.90. The summed E-state index contributed by atoms with van der Waals surface area (Å²) in [6.45, 7) is 6.06. The van der Waals surface area contributed by atoms with Crippen LogP contribution in [0, 0.1) is 0 Å². The molecule has 27 heavy (non-hydrogen) atoms. The average Bonchev–Trinajstić information content (AvgIpc) is 2.62. The first-order chi connectivity index (χ1) is 13.0. The third kappa shape index (κ3) is 4.25. The maximum Gasteiger partial charge on any atom is 0.349 e. The zero-order valence-electron chi connectivity index (χ0n) is 15.3. The van der Waals surface area contributed by atoms with E-state index in [-0.39, 0.29) is 17.5 Å². The van der Waals surface area contributed by atoms with E-state index >= 15 is 0 Å². The average molecular weight is 368 g/mol. The number of nitrogens with one attached hydrogen (secondary N) is 1. The third-order valence-corrected chi connectivity index (χ3v) is 3.63. The fraction of sp³-hybridized carbons (Fsp3) is 0.250. The summed E-state index contributed by atoms with van der Waals surface area (Å²) in [7, 11) is 0. The van der Waals surface area contributed by atoms with Gasteiger partial charge in [-0.25, -0.2) is 9.78 Å². The molecule has 140 valence electrons. The summed E-state index contributed by atoms with van der Waals surface area (Å²) >= 11 is 0. The molecule has 0 aliphatic heterocycles. The largest absolute Gasteiger partial charge is 0.491 e. The second-order valence-corrected chi connectivity index (χ2v) is 6.05. The van der Waals surface area contributed by atoms with Crippen LogP contribution in [0.15, 0.2) is 51.8 Å². The van der Waals surface area contributed by atoms with Gasteiger partial charge in [-0.15, -0.1) is 0 Å². The fourth-order valence-electron chi connectivity index (χ4n) is 2.53. The molecule has 0 unspecified atom stereocenters. The lowest BCUT2D eigenvalue weighted by atomic mass is 10.1. The van der Waals surface area contributed by atoms with Crippen molar-refractivity contribution in [1.82, 2.24) is 4.98 Å². The van der Waals surface area contributed by atoms with Crippen molar-refractivity contribution in [3.63, 3.8) is 0 Å². The van der Waals surface area contributed by atoms with Crippen molar-refractivity contribution in [2.45, 2.75) is 26.9 Å². The number of nitrogens with zero attached hydrogens (tertiary/aromatic N) is 1. The van der Waals surface area contributed by atoms with E-state index in [1.54, 1.807) is 30.3 Å². The number of ether oxygens (including phenoxy) is 2. The predicted octanol–water partition coefficient (Wildman–Crippen LogP) is 3.63. The van der Waals surface area contributed by atoms with Crippen LogP contribution in [0.5, 0.6) is 11.5 Å². The van der Waals surface area contributed by atoms with Crippen molar-refractivity contribution in [1.29, 1.82) is 0 Å². The third-order valence-electron chi connectivity index (χ3n) is 3.63. The number of benzene rings is 1. The molecule has 0 aliphatic carbocycles. The number of aromatic nitrogens is 1. The summed E-state index contributed by atoms with van der Waals surface area (Å²) in [6.07, 6.45) is 1.52. The zero-order valence-corrected chi connectivity index (χ0v) is 15.3. The highest BCUT2D eigenvalue weighted by molar-refractivity contribution is 6.05. The van der Waals surface area contributed by atoms with Crippen LogP contribution in [0.4, 0.5) is 5.82 Å². The van der Waals surface area contributed by atoms with Crippen molar-refractivity contribution in [3.8, 4) is 11.5 Å². The molecule has 0 radical (unpaired) electrons. The number of rotatable bonds is 6. The maximum absolute atomic E-state index is 12.6. The molecule has 0 aliphatic rings. The summed E-state index contributed by atoms with van der Waals surface area (Å²) in [5.41, 5.74) is -0.508. The van der Waals surface area contributed by atoms with Crippen LogP contribution >= 0.6 is 0 Å². The van der Waals surface area contributed by atoms with Gasteiger partial charge in [-0.3, -0.25) is 4.79 Å². The maximum atomic E-state index is 12.6. The van der Waals surface area contributed by atoms with Crippen molar-refractivity contribution in [3.05, 3.63) is 58.6 Å². The second-order valence-electron chi connectivity index (χ2n) is 6.05. The number of amides is 1. The van der Waals surface area contributed by atoms with Gasteiger partial charge < -0.3 is 19.2 Å². The smallest absolute Gasteiger partial charge is 0.349 e. The Morgan fingerprint density at radius 2 is 2.07 bits per heavy atom.